The minimum Gasteiger partial charge on any atom is -0.494 e. The summed E-state index contributed by atoms with van der Waals surface area (Å²) in [5, 5.41) is 10.2. The van der Waals surface area contributed by atoms with E-state index in [0.29, 0.717) is 34.4 Å². The second kappa shape index (κ2) is 6.86. The zero-order valence-electron chi connectivity index (χ0n) is 12.1. The van der Waals surface area contributed by atoms with Crippen molar-refractivity contribution in [2.75, 3.05) is 20.2 Å². The van der Waals surface area contributed by atoms with Crippen molar-refractivity contribution in [3.05, 3.63) is 27.7 Å². The summed E-state index contributed by atoms with van der Waals surface area (Å²) in [5.41, 5.74) is 0.460. The van der Waals surface area contributed by atoms with Gasteiger partial charge in [-0.2, -0.15) is 0 Å². The molecule has 2 rings (SSSR count). The van der Waals surface area contributed by atoms with E-state index in [1.165, 1.54) is 7.11 Å². The van der Waals surface area contributed by atoms with Crippen molar-refractivity contribution in [2.45, 2.75) is 25.9 Å². The molecule has 1 unspecified atom stereocenters. The number of piperidine rings is 1. The van der Waals surface area contributed by atoms with Crippen molar-refractivity contribution in [1.29, 1.82) is 0 Å². The number of aliphatic hydroxyl groups is 1. The third-order valence-electron chi connectivity index (χ3n) is 3.96. The van der Waals surface area contributed by atoms with Crippen molar-refractivity contribution in [3.63, 3.8) is 0 Å². The summed E-state index contributed by atoms with van der Waals surface area (Å²) in [7, 11) is 1.48. The van der Waals surface area contributed by atoms with Crippen LogP contribution in [-0.2, 0) is 0 Å². The first-order valence-electron chi connectivity index (χ1n) is 6.94. The predicted molar refractivity (Wildman–Crippen MR) is 83.3 cm³/mol. The van der Waals surface area contributed by atoms with Crippen LogP contribution in [0.4, 0.5) is 0 Å². The molecule has 0 aliphatic carbocycles. The highest BCUT2D eigenvalue weighted by Crippen LogP contribution is 2.34. The standard InChI is InChI=1S/C15H19Cl2NO3/c1-9(19)10-3-5-18(6-4-10)15(20)11-7-12(16)14(21-2)13(17)8-11/h7-10,19H,3-6H2,1-2H3. The monoisotopic (exact) mass is 331 g/mol. The molecule has 1 heterocycles. The Hall–Kier alpha value is -0.970. The molecule has 1 N–H and O–H groups in total. The highest BCUT2D eigenvalue weighted by molar-refractivity contribution is 6.37. The normalized spacial score (nSPS) is 17.7. The quantitative estimate of drug-likeness (QED) is 0.924. The van der Waals surface area contributed by atoms with Gasteiger partial charge in [0, 0.05) is 18.7 Å². The van der Waals surface area contributed by atoms with E-state index in [-0.39, 0.29) is 17.9 Å². The van der Waals surface area contributed by atoms with Crippen LogP contribution in [0.1, 0.15) is 30.1 Å². The molecule has 0 radical (unpaired) electrons. The van der Waals surface area contributed by atoms with Gasteiger partial charge in [0.25, 0.3) is 5.91 Å². The minimum atomic E-state index is -0.327. The van der Waals surface area contributed by atoms with Crippen LogP contribution in [0.5, 0.6) is 5.75 Å². The van der Waals surface area contributed by atoms with E-state index < -0.39 is 0 Å². The van der Waals surface area contributed by atoms with Gasteiger partial charge < -0.3 is 14.7 Å². The number of halogens is 2. The molecule has 1 fully saturated rings. The van der Waals surface area contributed by atoms with E-state index in [4.69, 9.17) is 27.9 Å². The molecular formula is C15H19Cl2NO3. The van der Waals surface area contributed by atoms with Crippen molar-refractivity contribution in [1.82, 2.24) is 4.90 Å². The molecule has 1 aromatic rings. The van der Waals surface area contributed by atoms with Gasteiger partial charge in [0.1, 0.15) is 0 Å². The minimum absolute atomic E-state index is 0.0921. The number of rotatable bonds is 3. The molecule has 1 aliphatic rings. The van der Waals surface area contributed by atoms with E-state index in [0.717, 1.165) is 12.8 Å². The van der Waals surface area contributed by atoms with Gasteiger partial charge in [-0.05, 0) is 37.8 Å². The van der Waals surface area contributed by atoms with Crippen LogP contribution in [0, 0.1) is 5.92 Å². The van der Waals surface area contributed by atoms with Crippen LogP contribution in [-0.4, -0.2) is 42.2 Å². The highest BCUT2D eigenvalue weighted by atomic mass is 35.5. The van der Waals surface area contributed by atoms with Gasteiger partial charge in [0.15, 0.2) is 5.75 Å². The number of carbonyl (C=O) groups is 1. The molecule has 116 valence electrons. The molecule has 1 amide bonds. The van der Waals surface area contributed by atoms with E-state index in [1.54, 1.807) is 24.0 Å². The predicted octanol–water partition coefficient (Wildman–Crippen LogP) is 3.24. The molecule has 4 nitrogen and oxygen atoms in total. The fraction of sp³-hybridized carbons (Fsp3) is 0.533. The summed E-state index contributed by atoms with van der Waals surface area (Å²) in [4.78, 5) is 14.3. The first-order valence-corrected chi connectivity index (χ1v) is 7.70. The van der Waals surface area contributed by atoms with Crippen LogP contribution >= 0.6 is 23.2 Å². The van der Waals surface area contributed by atoms with Crippen molar-refractivity contribution in [3.8, 4) is 5.75 Å². The van der Waals surface area contributed by atoms with E-state index >= 15 is 0 Å². The summed E-state index contributed by atoms with van der Waals surface area (Å²) < 4.78 is 5.08. The number of amides is 1. The van der Waals surface area contributed by atoms with Crippen LogP contribution < -0.4 is 4.74 Å². The smallest absolute Gasteiger partial charge is 0.253 e. The SMILES string of the molecule is COc1c(Cl)cc(C(=O)N2CCC(C(C)O)CC2)cc1Cl. The fourth-order valence-electron chi connectivity index (χ4n) is 2.65. The van der Waals surface area contributed by atoms with Gasteiger partial charge in [-0.15, -0.1) is 0 Å². The maximum Gasteiger partial charge on any atom is 0.253 e. The molecule has 0 spiro atoms. The Labute approximate surface area is 134 Å². The van der Waals surface area contributed by atoms with Gasteiger partial charge in [-0.3, -0.25) is 4.79 Å². The average Bonchev–Trinajstić information content (AvgIpc) is 2.46. The number of hydrogen-bond donors (Lipinski definition) is 1. The lowest BCUT2D eigenvalue weighted by atomic mass is 9.92. The molecule has 0 saturated carbocycles. The van der Waals surface area contributed by atoms with E-state index in [1.807, 2.05) is 0 Å². The van der Waals surface area contributed by atoms with Gasteiger partial charge in [-0.1, -0.05) is 23.2 Å². The number of likely N-dealkylation sites (tertiary alicyclic amines) is 1. The maximum atomic E-state index is 12.5. The number of aliphatic hydroxyl groups excluding tert-OH is 1. The molecule has 6 heteroatoms. The van der Waals surface area contributed by atoms with Crippen LogP contribution in [0.25, 0.3) is 0 Å². The fourth-order valence-corrected chi connectivity index (χ4v) is 3.29. The third kappa shape index (κ3) is 3.62. The molecule has 1 atom stereocenters. The summed E-state index contributed by atoms with van der Waals surface area (Å²) in [6.07, 6.45) is 1.29. The largest absolute Gasteiger partial charge is 0.494 e. The van der Waals surface area contributed by atoms with E-state index in [2.05, 4.69) is 0 Å². The summed E-state index contributed by atoms with van der Waals surface area (Å²) in [5.74, 6) is 0.547. The third-order valence-corrected chi connectivity index (χ3v) is 4.52. The number of methoxy groups -OCH3 is 1. The van der Waals surface area contributed by atoms with Crippen molar-refractivity contribution >= 4 is 29.1 Å². The summed E-state index contributed by atoms with van der Waals surface area (Å²) in [6.45, 7) is 3.07. The number of hydrogen-bond acceptors (Lipinski definition) is 3. The number of benzene rings is 1. The number of carbonyl (C=O) groups excluding carboxylic acids is 1. The number of ether oxygens (including phenoxy) is 1. The zero-order chi connectivity index (χ0) is 15.6. The lowest BCUT2D eigenvalue weighted by Crippen LogP contribution is -2.40. The Morgan fingerprint density at radius 3 is 2.29 bits per heavy atom. The molecule has 0 aromatic heterocycles. The van der Waals surface area contributed by atoms with Gasteiger partial charge in [-0.25, -0.2) is 0 Å². The Kier molecular flexibility index (Phi) is 5.36. The van der Waals surface area contributed by atoms with Crippen LogP contribution in [0.3, 0.4) is 0 Å². The molecule has 0 bridgehead atoms. The lowest BCUT2D eigenvalue weighted by molar-refractivity contribution is 0.0521. The summed E-state index contributed by atoms with van der Waals surface area (Å²) in [6, 6.07) is 3.16. The second-order valence-electron chi connectivity index (χ2n) is 5.34. The molecule has 1 aromatic carbocycles. The van der Waals surface area contributed by atoms with Crippen molar-refractivity contribution in [2.24, 2.45) is 5.92 Å². The molecule has 1 saturated heterocycles. The Morgan fingerprint density at radius 2 is 1.86 bits per heavy atom. The maximum absolute atomic E-state index is 12.5. The first kappa shape index (κ1) is 16.4. The Morgan fingerprint density at radius 1 is 1.33 bits per heavy atom. The topological polar surface area (TPSA) is 49.8 Å². The number of nitrogens with zero attached hydrogens (tertiary/aromatic N) is 1. The molecule has 21 heavy (non-hydrogen) atoms. The van der Waals surface area contributed by atoms with Crippen LogP contribution in [0.2, 0.25) is 10.0 Å². The summed E-state index contributed by atoms with van der Waals surface area (Å²) >= 11 is 12.1. The highest BCUT2D eigenvalue weighted by Gasteiger charge is 2.26. The van der Waals surface area contributed by atoms with Gasteiger partial charge >= 0.3 is 0 Å². The zero-order valence-corrected chi connectivity index (χ0v) is 13.6. The van der Waals surface area contributed by atoms with Crippen molar-refractivity contribution < 1.29 is 14.6 Å². The van der Waals surface area contributed by atoms with E-state index in [9.17, 15) is 9.90 Å². The first-order chi connectivity index (χ1) is 9.93. The second-order valence-corrected chi connectivity index (χ2v) is 6.16. The molecule has 1 aliphatic heterocycles. The van der Waals surface area contributed by atoms with Gasteiger partial charge in [0.05, 0.1) is 23.3 Å². The van der Waals surface area contributed by atoms with Crippen LogP contribution in [0.15, 0.2) is 12.1 Å². The Balaban J connectivity index is 2.11. The Bertz CT molecular complexity index is 503. The van der Waals surface area contributed by atoms with Gasteiger partial charge in [0.2, 0.25) is 0 Å². The average molecular weight is 332 g/mol. The lowest BCUT2D eigenvalue weighted by Gasteiger charge is -2.33. The molecular weight excluding hydrogens is 313 g/mol.